The largest absolute Gasteiger partial charge is 0.493 e. The van der Waals surface area contributed by atoms with Crippen molar-refractivity contribution in [2.24, 2.45) is 0 Å². The first-order valence-corrected chi connectivity index (χ1v) is 8.73. The number of aliphatic carboxylic acids is 1. The molecule has 7 heteroatoms. The summed E-state index contributed by atoms with van der Waals surface area (Å²) in [6, 6.07) is 12.6. The topological polar surface area (TPSA) is 88.1 Å². The zero-order valence-electron chi connectivity index (χ0n) is 15.1. The van der Waals surface area contributed by atoms with Crippen molar-refractivity contribution in [3.63, 3.8) is 0 Å². The van der Waals surface area contributed by atoms with E-state index in [1.54, 1.807) is 36.3 Å². The van der Waals surface area contributed by atoms with Crippen LogP contribution in [0.4, 0.5) is 5.69 Å². The maximum Gasteiger partial charge on any atom is 0.322 e. The normalized spacial score (nSPS) is 13.6. The summed E-state index contributed by atoms with van der Waals surface area (Å²) in [4.78, 5) is 25.8. The molecule has 0 aliphatic carbocycles. The van der Waals surface area contributed by atoms with Gasteiger partial charge in [-0.25, -0.2) is 0 Å². The molecule has 1 aliphatic heterocycles. The summed E-state index contributed by atoms with van der Waals surface area (Å²) in [6.45, 7) is 1.16. The number of methoxy groups -OCH3 is 1. The van der Waals surface area contributed by atoms with Crippen LogP contribution in [0.5, 0.6) is 11.5 Å². The highest BCUT2D eigenvalue weighted by Crippen LogP contribution is 2.33. The molecule has 0 fully saturated rings. The monoisotopic (exact) mass is 370 g/mol. The van der Waals surface area contributed by atoms with Gasteiger partial charge in [-0.2, -0.15) is 0 Å². The van der Waals surface area contributed by atoms with Crippen LogP contribution in [0.2, 0.25) is 0 Å². The van der Waals surface area contributed by atoms with Crippen molar-refractivity contribution >= 4 is 17.6 Å². The van der Waals surface area contributed by atoms with Crippen LogP contribution >= 0.6 is 0 Å². The molecule has 0 radical (unpaired) electrons. The first kappa shape index (κ1) is 18.6. The fourth-order valence-electron chi connectivity index (χ4n) is 3.06. The van der Waals surface area contributed by atoms with Gasteiger partial charge in [0.05, 0.1) is 19.3 Å². The third-order valence-corrected chi connectivity index (χ3v) is 4.34. The molecule has 1 heterocycles. The number of carbonyl (C=O) groups is 2. The van der Waals surface area contributed by atoms with Gasteiger partial charge in [-0.15, -0.1) is 0 Å². The summed E-state index contributed by atoms with van der Waals surface area (Å²) in [6.07, 6.45) is 0.688. The first-order valence-electron chi connectivity index (χ1n) is 8.73. The highest BCUT2D eigenvalue weighted by molar-refractivity contribution is 6.00. The first-order chi connectivity index (χ1) is 13.1. The van der Waals surface area contributed by atoms with Crippen LogP contribution in [0, 0.1) is 0 Å². The number of fused-ring (bicyclic) bond motifs is 1. The number of nitrogens with one attached hydrogen (secondary N) is 1. The molecule has 142 valence electrons. The Morgan fingerprint density at radius 2 is 2.04 bits per heavy atom. The molecule has 0 aromatic heterocycles. The van der Waals surface area contributed by atoms with Crippen molar-refractivity contribution < 1.29 is 24.2 Å². The molecular weight excluding hydrogens is 348 g/mol. The van der Waals surface area contributed by atoms with E-state index in [0.29, 0.717) is 48.9 Å². The smallest absolute Gasteiger partial charge is 0.322 e. The molecule has 0 unspecified atom stereocenters. The number of nitrogens with zero attached hydrogens (tertiary/aromatic N) is 1. The predicted octanol–water partition coefficient (Wildman–Crippen LogP) is 2.62. The molecule has 7 nitrogen and oxygen atoms in total. The van der Waals surface area contributed by atoms with Crippen molar-refractivity contribution in [1.29, 1.82) is 0 Å². The number of amides is 1. The minimum Gasteiger partial charge on any atom is -0.493 e. The second-order valence-electron chi connectivity index (χ2n) is 6.17. The number of benzene rings is 2. The number of para-hydroxylation sites is 2. The van der Waals surface area contributed by atoms with Crippen LogP contribution in [0.3, 0.4) is 0 Å². The fraction of sp³-hybridized carbons (Fsp3) is 0.300. The maximum absolute atomic E-state index is 13.2. The van der Waals surface area contributed by atoms with Crippen LogP contribution in [0.1, 0.15) is 22.3 Å². The van der Waals surface area contributed by atoms with Gasteiger partial charge in [0.25, 0.3) is 5.91 Å². The Morgan fingerprint density at radius 1 is 1.22 bits per heavy atom. The standard InChI is InChI=1S/C20H22N2O5/c1-26-17-9-4-6-14-13-22(10-5-11-27-19(14)17)20(25)15-7-2-3-8-16(15)21-12-18(23)24/h2-4,6-9,21H,5,10-13H2,1H3,(H,23,24). The molecule has 0 saturated heterocycles. The number of rotatable bonds is 5. The summed E-state index contributed by atoms with van der Waals surface area (Å²) in [5.74, 6) is 0.168. The molecule has 0 spiro atoms. The van der Waals surface area contributed by atoms with Crippen molar-refractivity contribution in [2.45, 2.75) is 13.0 Å². The molecule has 2 N–H and O–H groups in total. The number of carboxylic acids is 1. The van der Waals surface area contributed by atoms with Gasteiger partial charge in [0.2, 0.25) is 0 Å². The van der Waals surface area contributed by atoms with Gasteiger partial charge in [0.15, 0.2) is 11.5 Å². The Bertz CT molecular complexity index is 837. The second kappa shape index (κ2) is 8.44. The SMILES string of the molecule is COc1cccc2c1OCCCN(C(=O)c1ccccc1NCC(=O)O)C2. The van der Waals surface area contributed by atoms with Crippen LogP contribution in [0.25, 0.3) is 0 Å². The Morgan fingerprint density at radius 3 is 2.81 bits per heavy atom. The second-order valence-corrected chi connectivity index (χ2v) is 6.17. The molecule has 2 aromatic carbocycles. The lowest BCUT2D eigenvalue weighted by molar-refractivity contribution is -0.134. The Balaban J connectivity index is 1.87. The van der Waals surface area contributed by atoms with E-state index in [-0.39, 0.29) is 12.5 Å². The average molecular weight is 370 g/mol. The third kappa shape index (κ3) is 4.31. The van der Waals surface area contributed by atoms with Crippen molar-refractivity contribution in [3.05, 3.63) is 53.6 Å². The van der Waals surface area contributed by atoms with Crippen LogP contribution in [-0.2, 0) is 11.3 Å². The number of ether oxygens (including phenoxy) is 2. The van der Waals surface area contributed by atoms with Crippen molar-refractivity contribution in [1.82, 2.24) is 4.90 Å². The van der Waals surface area contributed by atoms with Crippen molar-refractivity contribution in [2.75, 3.05) is 32.1 Å². The van der Waals surface area contributed by atoms with Crippen LogP contribution < -0.4 is 14.8 Å². The number of hydrogen-bond donors (Lipinski definition) is 2. The van der Waals surface area contributed by atoms with E-state index in [1.165, 1.54) is 0 Å². The van der Waals surface area contributed by atoms with E-state index < -0.39 is 5.97 Å². The molecular formula is C20H22N2O5. The number of carbonyl (C=O) groups excluding carboxylic acids is 1. The van der Waals surface area contributed by atoms with Gasteiger partial charge in [-0.3, -0.25) is 9.59 Å². The number of hydrogen-bond acceptors (Lipinski definition) is 5. The summed E-state index contributed by atoms with van der Waals surface area (Å²) in [5.41, 5.74) is 1.83. The molecule has 27 heavy (non-hydrogen) atoms. The van der Waals surface area contributed by atoms with Gasteiger partial charge in [-0.05, 0) is 24.6 Å². The van der Waals surface area contributed by atoms with Gasteiger partial charge in [0, 0.05) is 24.3 Å². The van der Waals surface area contributed by atoms with E-state index in [1.807, 2.05) is 18.2 Å². The predicted molar refractivity (Wildman–Crippen MR) is 100 cm³/mol. The lowest BCUT2D eigenvalue weighted by Gasteiger charge is -2.28. The number of carboxylic acid groups (broad SMARTS) is 1. The van der Waals surface area contributed by atoms with E-state index in [2.05, 4.69) is 5.32 Å². The highest BCUT2D eigenvalue weighted by Gasteiger charge is 2.23. The minimum absolute atomic E-state index is 0.154. The zero-order chi connectivity index (χ0) is 19.2. The zero-order valence-corrected chi connectivity index (χ0v) is 15.1. The lowest BCUT2D eigenvalue weighted by Crippen LogP contribution is -2.34. The summed E-state index contributed by atoms with van der Waals surface area (Å²) in [5, 5.41) is 11.7. The van der Waals surface area contributed by atoms with E-state index in [0.717, 1.165) is 5.56 Å². The van der Waals surface area contributed by atoms with Crippen LogP contribution in [-0.4, -0.2) is 48.7 Å². The van der Waals surface area contributed by atoms with E-state index in [9.17, 15) is 9.59 Å². The highest BCUT2D eigenvalue weighted by atomic mass is 16.5. The Labute approximate surface area is 157 Å². The van der Waals surface area contributed by atoms with E-state index >= 15 is 0 Å². The molecule has 0 bridgehead atoms. The summed E-state index contributed by atoms with van der Waals surface area (Å²) in [7, 11) is 1.59. The van der Waals surface area contributed by atoms with Gasteiger partial charge in [-0.1, -0.05) is 24.3 Å². The molecule has 3 rings (SSSR count). The number of anilines is 1. The Kier molecular flexibility index (Phi) is 5.80. The lowest BCUT2D eigenvalue weighted by atomic mass is 10.1. The third-order valence-electron chi connectivity index (χ3n) is 4.34. The van der Waals surface area contributed by atoms with Gasteiger partial charge < -0.3 is 24.8 Å². The average Bonchev–Trinajstić information content (AvgIpc) is 2.66. The maximum atomic E-state index is 13.2. The van der Waals surface area contributed by atoms with Gasteiger partial charge in [0.1, 0.15) is 6.54 Å². The molecule has 0 saturated carbocycles. The van der Waals surface area contributed by atoms with E-state index in [4.69, 9.17) is 14.6 Å². The van der Waals surface area contributed by atoms with Crippen molar-refractivity contribution in [3.8, 4) is 11.5 Å². The van der Waals surface area contributed by atoms with Gasteiger partial charge >= 0.3 is 5.97 Å². The van der Waals surface area contributed by atoms with Crippen LogP contribution in [0.15, 0.2) is 42.5 Å². The minimum atomic E-state index is -0.985. The molecule has 1 aliphatic rings. The summed E-state index contributed by atoms with van der Waals surface area (Å²) < 4.78 is 11.2. The quantitative estimate of drug-likeness (QED) is 0.841. The summed E-state index contributed by atoms with van der Waals surface area (Å²) >= 11 is 0. The Hall–Kier alpha value is -3.22. The fourth-order valence-corrected chi connectivity index (χ4v) is 3.06. The molecule has 2 aromatic rings. The molecule has 0 atom stereocenters. The molecule has 1 amide bonds.